The molecule has 4 atom stereocenters. The van der Waals surface area contributed by atoms with E-state index in [2.05, 4.69) is 9.80 Å². The number of phenols is 2. The quantitative estimate of drug-likeness (QED) is 0.424. The van der Waals surface area contributed by atoms with Gasteiger partial charge in [-0.3, -0.25) is 19.4 Å². The number of aromatic hydroxyl groups is 2. The van der Waals surface area contributed by atoms with Gasteiger partial charge in [-0.05, 0) is 100 Å². The highest BCUT2D eigenvalue weighted by atomic mass is 16.5. The first-order valence-electron chi connectivity index (χ1n) is 17.9. The van der Waals surface area contributed by atoms with Gasteiger partial charge in [0.05, 0.1) is 53.7 Å². The van der Waals surface area contributed by atoms with Gasteiger partial charge in [-0.25, -0.2) is 0 Å². The van der Waals surface area contributed by atoms with Crippen LogP contribution in [-0.2, 0) is 52.2 Å². The fourth-order valence-electron chi connectivity index (χ4n) is 12.0. The van der Waals surface area contributed by atoms with Crippen LogP contribution in [0, 0.1) is 0 Å². The van der Waals surface area contributed by atoms with Crippen molar-refractivity contribution in [1.29, 1.82) is 0 Å². The maximum Gasteiger partial charge on any atom is 0.201 e. The van der Waals surface area contributed by atoms with E-state index in [0.717, 1.165) is 22.3 Å². The lowest BCUT2D eigenvalue weighted by Gasteiger charge is -2.56. The number of benzene rings is 2. The highest BCUT2D eigenvalue weighted by molar-refractivity contribution is 5.99. The van der Waals surface area contributed by atoms with Gasteiger partial charge in [0.25, 0.3) is 0 Å². The molecule has 0 saturated carbocycles. The van der Waals surface area contributed by atoms with Crippen LogP contribution in [0.2, 0.25) is 0 Å². The van der Waals surface area contributed by atoms with Gasteiger partial charge in [0.15, 0.2) is 34.5 Å². The average molecular weight is 717 g/mol. The molecule has 2 heterocycles. The number of Topliss-reactive ketones (excluding diaryl/α,β-unsaturated/α-hetero) is 2. The van der Waals surface area contributed by atoms with Crippen LogP contribution in [-0.4, -0.2) is 113 Å². The Labute approximate surface area is 303 Å². The maximum atomic E-state index is 13.9. The van der Waals surface area contributed by atoms with Crippen molar-refractivity contribution in [3.05, 3.63) is 57.4 Å². The van der Waals surface area contributed by atoms with Gasteiger partial charge in [-0.1, -0.05) is 0 Å². The maximum absolute atomic E-state index is 13.9. The highest BCUT2D eigenvalue weighted by Gasteiger charge is 2.70. The van der Waals surface area contributed by atoms with E-state index in [1.165, 1.54) is 28.4 Å². The summed E-state index contributed by atoms with van der Waals surface area (Å²) in [4.78, 5) is 32.3. The number of methoxy groups -OCH3 is 6. The minimum absolute atomic E-state index is 0.0132. The molecule has 2 aromatic rings. The van der Waals surface area contributed by atoms with Crippen LogP contribution < -0.4 is 9.47 Å². The zero-order valence-corrected chi connectivity index (χ0v) is 31.3. The van der Waals surface area contributed by atoms with Crippen LogP contribution in [0.1, 0.15) is 60.8 Å². The first kappa shape index (κ1) is 34.7. The molecule has 0 radical (unpaired) electrons. The summed E-state index contributed by atoms with van der Waals surface area (Å²) in [6.07, 6.45) is 3.81. The van der Waals surface area contributed by atoms with Crippen molar-refractivity contribution in [3.8, 4) is 34.1 Å². The molecule has 2 N–H and O–H groups in total. The molecule has 2 aromatic carbocycles. The van der Waals surface area contributed by atoms with E-state index in [-0.39, 0.29) is 58.9 Å². The first-order chi connectivity index (χ1) is 24.9. The number of likely N-dealkylation sites (tertiary alicyclic amines) is 2. The van der Waals surface area contributed by atoms with Crippen LogP contribution >= 0.6 is 0 Å². The Hall–Kier alpha value is -4.42. The van der Waals surface area contributed by atoms with Crippen molar-refractivity contribution >= 4 is 11.6 Å². The average Bonchev–Trinajstić information content (AvgIpc) is 3.61. The lowest BCUT2D eigenvalue weighted by Crippen LogP contribution is -2.62. The van der Waals surface area contributed by atoms with Gasteiger partial charge in [0.2, 0.25) is 23.1 Å². The van der Waals surface area contributed by atoms with Crippen molar-refractivity contribution in [2.24, 2.45) is 0 Å². The molecule has 12 nitrogen and oxygen atoms in total. The van der Waals surface area contributed by atoms with Gasteiger partial charge in [-0.2, -0.15) is 0 Å². The number of ketones is 2. The van der Waals surface area contributed by atoms with E-state index in [9.17, 15) is 19.8 Å². The first-order valence-corrected chi connectivity index (χ1v) is 17.9. The minimum Gasteiger partial charge on any atom is -0.504 e. The second kappa shape index (κ2) is 11.5. The predicted octanol–water partition coefficient (Wildman–Crippen LogP) is 4.25. The zero-order chi connectivity index (χ0) is 37.1. The number of nitrogens with zero attached hydrogens (tertiary/aromatic N) is 2. The summed E-state index contributed by atoms with van der Waals surface area (Å²) < 4.78 is 35.3. The van der Waals surface area contributed by atoms with Crippen molar-refractivity contribution in [2.75, 3.05) is 69.8 Å². The molecule has 0 aromatic heterocycles. The number of rotatable bonds is 7. The summed E-state index contributed by atoms with van der Waals surface area (Å²) in [5, 5.41) is 24.4. The molecule has 52 heavy (non-hydrogen) atoms. The van der Waals surface area contributed by atoms with Gasteiger partial charge in [0.1, 0.15) is 0 Å². The van der Waals surface area contributed by atoms with Crippen molar-refractivity contribution in [3.63, 3.8) is 0 Å². The lowest BCUT2D eigenvalue weighted by atomic mass is 9.52. The van der Waals surface area contributed by atoms with E-state index in [4.69, 9.17) is 28.4 Å². The molecule has 0 spiro atoms. The SMILES string of the molecule is COC1=C(OC)C23CCc4c(-c5cc(OC)c(O)c6c5CCC57C(OC)=C(OC)C(=O)CC65CCN7C)cc(OC)c(O)c4C2(CCN3C)CC1=O. The summed E-state index contributed by atoms with van der Waals surface area (Å²) in [6, 6.07) is 3.74. The van der Waals surface area contributed by atoms with E-state index in [1.807, 2.05) is 26.2 Å². The molecular weight excluding hydrogens is 668 g/mol. The number of carbonyl (C=O) groups excluding carboxylic acids is 2. The summed E-state index contributed by atoms with van der Waals surface area (Å²) in [7, 11) is 13.3. The fraction of sp³-hybridized carbons (Fsp3) is 0.550. The number of allylic oxidation sites excluding steroid dienone is 2. The number of hydrogen-bond acceptors (Lipinski definition) is 12. The molecule has 6 aliphatic rings. The Morgan fingerprint density at radius 2 is 0.962 bits per heavy atom. The molecule has 0 bridgehead atoms. The number of ether oxygens (including phenoxy) is 6. The second-order valence-corrected chi connectivity index (χ2v) is 15.2. The van der Waals surface area contributed by atoms with Crippen molar-refractivity contribution in [2.45, 2.75) is 73.3 Å². The van der Waals surface area contributed by atoms with Crippen LogP contribution in [0.25, 0.3) is 11.1 Å². The van der Waals surface area contributed by atoms with E-state index in [0.29, 0.717) is 74.3 Å². The van der Waals surface area contributed by atoms with Gasteiger partial charge < -0.3 is 38.6 Å². The van der Waals surface area contributed by atoms with Crippen LogP contribution in [0.5, 0.6) is 23.0 Å². The molecule has 12 heteroatoms. The summed E-state index contributed by atoms with van der Waals surface area (Å²) >= 11 is 0. The number of fused-ring (bicyclic) bond motifs is 2. The highest BCUT2D eigenvalue weighted by Crippen LogP contribution is 2.68. The number of hydrogen-bond donors (Lipinski definition) is 2. The molecule has 2 aliphatic heterocycles. The van der Waals surface area contributed by atoms with Crippen molar-refractivity contribution in [1.82, 2.24) is 9.80 Å². The normalized spacial score (nSPS) is 30.9. The Morgan fingerprint density at radius 3 is 1.29 bits per heavy atom. The molecular formula is C40H48N2O10. The van der Waals surface area contributed by atoms with Crippen molar-refractivity contribution < 1.29 is 48.2 Å². The number of carbonyl (C=O) groups is 2. The molecule has 2 saturated heterocycles. The molecule has 2 fully saturated rings. The third kappa shape index (κ3) is 3.74. The molecule has 0 amide bonds. The molecule has 278 valence electrons. The zero-order valence-electron chi connectivity index (χ0n) is 31.3. The minimum atomic E-state index is -0.833. The summed E-state index contributed by atoms with van der Waals surface area (Å²) in [6.45, 7) is 1.35. The summed E-state index contributed by atoms with van der Waals surface area (Å²) in [5.74, 6) is 1.68. The van der Waals surface area contributed by atoms with E-state index < -0.39 is 21.9 Å². The molecule has 8 rings (SSSR count). The third-order valence-electron chi connectivity index (χ3n) is 14.0. The number of phenolic OH excluding ortho intramolecular Hbond substituents is 2. The second-order valence-electron chi connectivity index (χ2n) is 15.2. The van der Waals surface area contributed by atoms with Gasteiger partial charge in [-0.15, -0.1) is 0 Å². The van der Waals surface area contributed by atoms with Gasteiger partial charge in [0, 0.05) is 34.8 Å². The molecule has 4 unspecified atom stereocenters. The topological polar surface area (TPSA) is 136 Å². The monoisotopic (exact) mass is 716 g/mol. The predicted molar refractivity (Wildman–Crippen MR) is 190 cm³/mol. The third-order valence-corrected chi connectivity index (χ3v) is 14.0. The standard InChI is InChI=1S/C40H48N2O10/c1-41-15-13-37-19-25(43)33(49-5)35(51-7)39(37,41)11-9-21-23(17-27(47-3)31(45)29(21)37)24-18-28(48-4)32(46)30-22(24)10-12-40-36(52-8)34(50-6)26(44)20-38(30,40)14-16-42(40)2/h17-18,45-46H,9-16,19-20H2,1-8H3. The van der Waals surface area contributed by atoms with Crippen LogP contribution in [0.4, 0.5) is 0 Å². The Balaban J connectivity index is 1.44. The van der Waals surface area contributed by atoms with Gasteiger partial charge >= 0.3 is 0 Å². The van der Waals surface area contributed by atoms with E-state index >= 15 is 0 Å². The summed E-state index contributed by atoms with van der Waals surface area (Å²) in [5.41, 5.74) is 1.73. The Bertz CT molecular complexity index is 1860. The van der Waals surface area contributed by atoms with Crippen LogP contribution in [0.3, 0.4) is 0 Å². The Kier molecular flexibility index (Phi) is 7.69. The Morgan fingerprint density at radius 1 is 0.577 bits per heavy atom. The number of likely N-dealkylation sites (N-methyl/N-ethyl adjacent to an activating group) is 2. The van der Waals surface area contributed by atoms with E-state index in [1.54, 1.807) is 14.2 Å². The fourth-order valence-corrected chi connectivity index (χ4v) is 12.0. The molecule has 4 aliphatic carbocycles. The lowest BCUT2D eigenvalue weighted by molar-refractivity contribution is -0.125. The largest absolute Gasteiger partial charge is 0.504 e. The smallest absolute Gasteiger partial charge is 0.201 e. The van der Waals surface area contributed by atoms with Crippen LogP contribution in [0.15, 0.2) is 35.2 Å².